The molecule has 0 spiro atoms. The van der Waals surface area contributed by atoms with Crippen LogP contribution in [0.25, 0.3) is 0 Å². The standard InChI is InChI=1S/C9H8F3O/c1-2-13-8-5-3-7(4-6-8)9(10,11)12/h3-5H,2H2,1H3. The lowest BCUT2D eigenvalue weighted by molar-refractivity contribution is -0.137. The Kier molecular flexibility index (Phi) is 2.80. The molecule has 0 bridgehead atoms. The summed E-state index contributed by atoms with van der Waals surface area (Å²) in [5.41, 5.74) is -0.712. The highest BCUT2D eigenvalue weighted by molar-refractivity contribution is 5.27. The van der Waals surface area contributed by atoms with E-state index in [1.165, 1.54) is 6.07 Å². The average Bonchev–Trinajstić information content (AvgIpc) is 2.04. The number of benzene rings is 1. The number of halogens is 3. The topological polar surface area (TPSA) is 9.23 Å². The van der Waals surface area contributed by atoms with E-state index in [0.717, 1.165) is 12.1 Å². The molecule has 0 saturated heterocycles. The zero-order valence-electron chi connectivity index (χ0n) is 6.98. The molecule has 0 saturated carbocycles. The lowest BCUT2D eigenvalue weighted by Crippen LogP contribution is -2.04. The molecule has 0 fully saturated rings. The third-order valence-corrected chi connectivity index (χ3v) is 1.41. The first-order valence-electron chi connectivity index (χ1n) is 3.75. The van der Waals surface area contributed by atoms with Gasteiger partial charge in [0.15, 0.2) is 0 Å². The van der Waals surface area contributed by atoms with E-state index in [9.17, 15) is 13.2 Å². The SMILES string of the molecule is CCOc1[c]cc(C(F)(F)F)cc1. The second-order valence-corrected chi connectivity index (χ2v) is 2.37. The molecule has 0 atom stereocenters. The lowest BCUT2D eigenvalue weighted by Gasteiger charge is -2.07. The summed E-state index contributed by atoms with van der Waals surface area (Å²) >= 11 is 0. The zero-order valence-corrected chi connectivity index (χ0v) is 6.98. The maximum absolute atomic E-state index is 12.0. The molecule has 0 N–H and O–H groups in total. The predicted octanol–water partition coefficient (Wildman–Crippen LogP) is 2.90. The molecule has 0 heterocycles. The summed E-state index contributed by atoms with van der Waals surface area (Å²) in [6, 6.07) is 5.51. The van der Waals surface area contributed by atoms with Gasteiger partial charge in [-0.1, -0.05) is 0 Å². The van der Waals surface area contributed by atoms with Crippen LogP contribution in [0.5, 0.6) is 5.75 Å². The molecule has 1 rings (SSSR count). The maximum atomic E-state index is 12.0. The van der Waals surface area contributed by atoms with Gasteiger partial charge in [0.1, 0.15) is 5.75 Å². The molecule has 13 heavy (non-hydrogen) atoms. The van der Waals surface area contributed by atoms with Crippen molar-refractivity contribution < 1.29 is 17.9 Å². The summed E-state index contributed by atoms with van der Waals surface area (Å²) in [5.74, 6) is 0.329. The van der Waals surface area contributed by atoms with Gasteiger partial charge in [-0.3, -0.25) is 0 Å². The first-order valence-corrected chi connectivity index (χ1v) is 3.75. The van der Waals surface area contributed by atoms with Gasteiger partial charge in [-0.25, -0.2) is 0 Å². The van der Waals surface area contributed by atoms with Gasteiger partial charge in [-0.05, 0) is 25.1 Å². The molecule has 1 aromatic carbocycles. The van der Waals surface area contributed by atoms with Crippen LogP contribution in [0.2, 0.25) is 0 Å². The summed E-state index contributed by atoms with van der Waals surface area (Å²) in [6.45, 7) is 2.17. The molecule has 1 nitrogen and oxygen atoms in total. The highest BCUT2D eigenvalue weighted by Gasteiger charge is 2.30. The summed E-state index contributed by atoms with van der Waals surface area (Å²) in [7, 11) is 0. The van der Waals surface area contributed by atoms with Crippen LogP contribution < -0.4 is 4.74 Å². The second kappa shape index (κ2) is 3.68. The number of hydrogen-bond acceptors (Lipinski definition) is 1. The quantitative estimate of drug-likeness (QED) is 0.695. The van der Waals surface area contributed by atoms with Crippen molar-refractivity contribution in [2.75, 3.05) is 6.61 Å². The van der Waals surface area contributed by atoms with Gasteiger partial charge in [0, 0.05) is 6.07 Å². The Morgan fingerprint density at radius 1 is 1.38 bits per heavy atom. The van der Waals surface area contributed by atoms with Crippen LogP contribution in [-0.4, -0.2) is 6.61 Å². The van der Waals surface area contributed by atoms with Gasteiger partial charge >= 0.3 is 6.18 Å². The van der Waals surface area contributed by atoms with Crippen molar-refractivity contribution in [3.63, 3.8) is 0 Å². The van der Waals surface area contributed by atoms with Crippen LogP contribution in [-0.2, 0) is 6.18 Å². The highest BCUT2D eigenvalue weighted by Crippen LogP contribution is 2.29. The minimum absolute atomic E-state index is 0.329. The highest BCUT2D eigenvalue weighted by atomic mass is 19.4. The van der Waals surface area contributed by atoms with Gasteiger partial charge in [0.2, 0.25) is 0 Å². The molecule has 1 aromatic rings. The van der Waals surface area contributed by atoms with Crippen molar-refractivity contribution in [1.29, 1.82) is 0 Å². The van der Waals surface area contributed by atoms with Crippen LogP contribution in [0, 0.1) is 6.07 Å². The van der Waals surface area contributed by atoms with E-state index in [1.54, 1.807) is 6.92 Å². The fraction of sp³-hybridized carbons (Fsp3) is 0.333. The van der Waals surface area contributed by atoms with E-state index in [2.05, 4.69) is 6.07 Å². The Morgan fingerprint density at radius 3 is 2.46 bits per heavy atom. The average molecular weight is 189 g/mol. The van der Waals surface area contributed by atoms with Crippen LogP contribution >= 0.6 is 0 Å². The number of ether oxygens (including phenoxy) is 1. The Bertz CT molecular complexity index is 263. The number of hydrogen-bond donors (Lipinski definition) is 0. The fourth-order valence-electron chi connectivity index (χ4n) is 0.832. The molecule has 71 valence electrons. The van der Waals surface area contributed by atoms with Gasteiger partial charge in [0.25, 0.3) is 0 Å². The number of rotatable bonds is 2. The van der Waals surface area contributed by atoms with Crippen molar-refractivity contribution >= 4 is 0 Å². The van der Waals surface area contributed by atoms with E-state index in [4.69, 9.17) is 4.74 Å². The monoisotopic (exact) mass is 189 g/mol. The fourth-order valence-corrected chi connectivity index (χ4v) is 0.832. The third-order valence-electron chi connectivity index (χ3n) is 1.41. The molecule has 0 unspecified atom stereocenters. The Labute approximate surface area is 74.1 Å². The van der Waals surface area contributed by atoms with Crippen LogP contribution in [0.4, 0.5) is 13.2 Å². The normalized spacial score (nSPS) is 11.4. The van der Waals surface area contributed by atoms with E-state index >= 15 is 0 Å². The van der Waals surface area contributed by atoms with Gasteiger partial charge in [-0.2, -0.15) is 13.2 Å². The summed E-state index contributed by atoms with van der Waals surface area (Å²) in [5, 5.41) is 0. The molecule has 0 aliphatic carbocycles. The van der Waals surface area contributed by atoms with Gasteiger partial charge < -0.3 is 4.74 Å². The van der Waals surface area contributed by atoms with Crippen molar-refractivity contribution in [1.82, 2.24) is 0 Å². The Hall–Kier alpha value is -1.19. The van der Waals surface area contributed by atoms with Crippen molar-refractivity contribution in [3.05, 3.63) is 29.8 Å². The molecule has 0 aliphatic rings. The minimum atomic E-state index is -4.30. The van der Waals surface area contributed by atoms with Gasteiger partial charge in [-0.15, -0.1) is 0 Å². The summed E-state index contributed by atoms with van der Waals surface area (Å²) < 4.78 is 41.1. The molecule has 0 aliphatic heterocycles. The maximum Gasteiger partial charge on any atom is 0.416 e. The predicted molar refractivity (Wildman–Crippen MR) is 41.4 cm³/mol. The van der Waals surface area contributed by atoms with E-state index in [-0.39, 0.29) is 0 Å². The number of alkyl halides is 3. The van der Waals surface area contributed by atoms with E-state index in [0.29, 0.717) is 12.4 Å². The van der Waals surface area contributed by atoms with Crippen molar-refractivity contribution in [2.45, 2.75) is 13.1 Å². The minimum Gasteiger partial charge on any atom is -0.493 e. The third kappa shape index (κ3) is 2.65. The lowest BCUT2D eigenvalue weighted by atomic mass is 10.2. The molecule has 1 radical (unpaired) electrons. The first kappa shape index (κ1) is 9.89. The Balaban J connectivity index is 2.81. The van der Waals surface area contributed by atoms with E-state index in [1.807, 2.05) is 0 Å². The molecule has 4 heteroatoms. The molecular formula is C9H8F3O. The second-order valence-electron chi connectivity index (χ2n) is 2.37. The first-order chi connectivity index (χ1) is 6.04. The molecule has 0 aromatic heterocycles. The summed E-state index contributed by atoms with van der Waals surface area (Å²) in [6.07, 6.45) is -4.30. The van der Waals surface area contributed by atoms with Crippen LogP contribution in [0.15, 0.2) is 18.2 Å². The van der Waals surface area contributed by atoms with Crippen molar-refractivity contribution in [3.8, 4) is 5.75 Å². The molecule has 0 amide bonds. The van der Waals surface area contributed by atoms with E-state index < -0.39 is 11.7 Å². The Morgan fingerprint density at radius 2 is 2.08 bits per heavy atom. The largest absolute Gasteiger partial charge is 0.493 e. The summed E-state index contributed by atoms with van der Waals surface area (Å²) in [4.78, 5) is 0. The van der Waals surface area contributed by atoms with Crippen LogP contribution in [0.1, 0.15) is 12.5 Å². The smallest absolute Gasteiger partial charge is 0.416 e. The molecular weight excluding hydrogens is 181 g/mol. The van der Waals surface area contributed by atoms with Crippen molar-refractivity contribution in [2.24, 2.45) is 0 Å². The zero-order chi connectivity index (χ0) is 9.90. The van der Waals surface area contributed by atoms with Gasteiger partial charge in [0.05, 0.1) is 12.2 Å². The van der Waals surface area contributed by atoms with Crippen LogP contribution in [0.3, 0.4) is 0 Å².